The first-order valence-corrected chi connectivity index (χ1v) is 9.49. The Hall–Kier alpha value is -3.81. The lowest BCUT2D eigenvalue weighted by atomic mass is 10.2. The standard InChI is InChI=1S/C23H19F3N4O/c1-29(2)22-19(26)11-18(12-27-22)28-23(31)21-10-15-9-17(25)6-7-20(15)30(21)13-14-4-3-5-16(24)8-14/h3-12H,13H2,1-2H3,(H,28,31). The number of carbonyl (C=O) groups is 1. The molecule has 0 atom stereocenters. The number of anilines is 2. The van der Waals surface area contributed by atoms with Gasteiger partial charge in [-0.15, -0.1) is 0 Å². The monoisotopic (exact) mass is 424 g/mol. The normalized spacial score (nSPS) is 11.0. The minimum absolute atomic E-state index is 0.147. The first-order chi connectivity index (χ1) is 14.8. The third-order valence-electron chi connectivity index (χ3n) is 4.83. The van der Waals surface area contributed by atoms with Crippen LogP contribution < -0.4 is 10.2 Å². The summed E-state index contributed by atoms with van der Waals surface area (Å²) >= 11 is 0. The first-order valence-electron chi connectivity index (χ1n) is 9.49. The van der Waals surface area contributed by atoms with E-state index in [0.29, 0.717) is 16.5 Å². The maximum absolute atomic E-state index is 14.2. The summed E-state index contributed by atoms with van der Waals surface area (Å²) in [6.07, 6.45) is 1.36. The van der Waals surface area contributed by atoms with Gasteiger partial charge in [0.05, 0.1) is 11.9 Å². The number of nitrogens with zero attached hydrogens (tertiary/aromatic N) is 3. The van der Waals surface area contributed by atoms with E-state index in [1.807, 2.05) is 0 Å². The SMILES string of the molecule is CN(C)c1ncc(NC(=O)c2cc3cc(F)ccc3n2Cc2cccc(F)c2)cc1F. The fraction of sp³-hybridized carbons (Fsp3) is 0.130. The van der Waals surface area contributed by atoms with Gasteiger partial charge in [-0.3, -0.25) is 4.79 Å². The van der Waals surface area contributed by atoms with Crippen LogP contribution >= 0.6 is 0 Å². The van der Waals surface area contributed by atoms with Crippen molar-refractivity contribution in [2.75, 3.05) is 24.3 Å². The van der Waals surface area contributed by atoms with Crippen molar-refractivity contribution in [3.63, 3.8) is 0 Å². The number of hydrogen-bond acceptors (Lipinski definition) is 3. The number of nitrogens with one attached hydrogen (secondary N) is 1. The van der Waals surface area contributed by atoms with Gasteiger partial charge in [0.25, 0.3) is 5.91 Å². The van der Waals surface area contributed by atoms with Crippen molar-refractivity contribution in [3.05, 3.63) is 89.5 Å². The maximum atomic E-state index is 14.2. The van der Waals surface area contributed by atoms with Crippen LogP contribution in [0.25, 0.3) is 10.9 Å². The lowest BCUT2D eigenvalue weighted by Gasteiger charge is -2.14. The molecule has 4 aromatic rings. The number of rotatable bonds is 5. The minimum Gasteiger partial charge on any atom is -0.360 e. The molecular formula is C23H19F3N4O. The average Bonchev–Trinajstić information content (AvgIpc) is 3.05. The summed E-state index contributed by atoms with van der Waals surface area (Å²) in [6.45, 7) is 0.196. The molecule has 31 heavy (non-hydrogen) atoms. The van der Waals surface area contributed by atoms with E-state index in [1.165, 1.54) is 41.4 Å². The van der Waals surface area contributed by atoms with Gasteiger partial charge in [-0.1, -0.05) is 12.1 Å². The Morgan fingerprint density at radius 2 is 1.81 bits per heavy atom. The Balaban J connectivity index is 1.72. The van der Waals surface area contributed by atoms with Crippen LogP contribution in [-0.2, 0) is 6.54 Å². The van der Waals surface area contributed by atoms with Crippen molar-refractivity contribution in [1.82, 2.24) is 9.55 Å². The summed E-state index contributed by atoms with van der Waals surface area (Å²) in [4.78, 5) is 18.6. The first kappa shape index (κ1) is 20.5. The molecule has 5 nitrogen and oxygen atoms in total. The highest BCUT2D eigenvalue weighted by atomic mass is 19.1. The second kappa shape index (κ2) is 8.14. The second-order valence-corrected chi connectivity index (χ2v) is 7.33. The van der Waals surface area contributed by atoms with Gasteiger partial charge in [0.15, 0.2) is 11.6 Å². The van der Waals surface area contributed by atoms with E-state index in [-0.39, 0.29) is 23.7 Å². The van der Waals surface area contributed by atoms with E-state index in [2.05, 4.69) is 10.3 Å². The van der Waals surface area contributed by atoms with Gasteiger partial charge in [0, 0.05) is 37.6 Å². The average molecular weight is 424 g/mol. The zero-order valence-electron chi connectivity index (χ0n) is 16.9. The molecule has 2 aromatic carbocycles. The molecule has 2 aromatic heterocycles. The molecule has 0 aliphatic carbocycles. The molecule has 0 spiro atoms. The highest BCUT2D eigenvalue weighted by Gasteiger charge is 2.18. The Morgan fingerprint density at radius 3 is 2.52 bits per heavy atom. The van der Waals surface area contributed by atoms with Crippen molar-refractivity contribution in [2.45, 2.75) is 6.54 Å². The van der Waals surface area contributed by atoms with E-state index in [0.717, 1.165) is 0 Å². The number of hydrogen-bond donors (Lipinski definition) is 1. The largest absolute Gasteiger partial charge is 0.360 e. The molecule has 0 unspecified atom stereocenters. The van der Waals surface area contributed by atoms with Crippen LogP contribution in [0.5, 0.6) is 0 Å². The molecule has 8 heteroatoms. The predicted molar refractivity (Wildman–Crippen MR) is 114 cm³/mol. The summed E-state index contributed by atoms with van der Waals surface area (Å²) in [5.41, 5.74) is 1.66. The van der Waals surface area contributed by atoms with Crippen molar-refractivity contribution in [3.8, 4) is 0 Å². The lowest BCUT2D eigenvalue weighted by molar-refractivity contribution is 0.101. The van der Waals surface area contributed by atoms with E-state index >= 15 is 0 Å². The Labute approximate surface area is 176 Å². The molecular weight excluding hydrogens is 405 g/mol. The molecule has 0 saturated carbocycles. The highest BCUT2D eigenvalue weighted by Crippen LogP contribution is 2.24. The molecule has 4 rings (SSSR count). The number of pyridine rings is 1. The minimum atomic E-state index is -0.579. The van der Waals surface area contributed by atoms with Crippen LogP contribution in [0.2, 0.25) is 0 Å². The molecule has 1 N–H and O–H groups in total. The fourth-order valence-electron chi connectivity index (χ4n) is 3.44. The topological polar surface area (TPSA) is 50.2 Å². The van der Waals surface area contributed by atoms with Crippen LogP contribution in [0.1, 0.15) is 16.1 Å². The van der Waals surface area contributed by atoms with Crippen LogP contribution in [-0.4, -0.2) is 29.6 Å². The molecule has 1 amide bonds. The summed E-state index contributed by atoms with van der Waals surface area (Å²) in [7, 11) is 3.32. The summed E-state index contributed by atoms with van der Waals surface area (Å²) < 4.78 is 43.3. The molecule has 0 radical (unpaired) electrons. The molecule has 158 valence electrons. The molecule has 0 aliphatic heterocycles. The van der Waals surface area contributed by atoms with Gasteiger partial charge in [0.1, 0.15) is 17.3 Å². The molecule has 0 aliphatic rings. The van der Waals surface area contributed by atoms with E-state index < -0.39 is 23.4 Å². The van der Waals surface area contributed by atoms with E-state index in [1.54, 1.807) is 42.9 Å². The third kappa shape index (κ3) is 4.23. The fourth-order valence-corrected chi connectivity index (χ4v) is 3.44. The quantitative estimate of drug-likeness (QED) is 0.500. The van der Waals surface area contributed by atoms with Gasteiger partial charge in [-0.25, -0.2) is 18.2 Å². The van der Waals surface area contributed by atoms with Gasteiger partial charge < -0.3 is 14.8 Å². The number of benzene rings is 2. The van der Waals surface area contributed by atoms with Crippen LogP contribution in [0.15, 0.2) is 60.8 Å². The second-order valence-electron chi connectivity index (χ2n) is 7.33. The summed E-state index contributed by atoms with van der Waals surface area (Å²) in [5.74, 6) is -1.79. The number of halogens is 3. The highest BCUT2D eigenvalue weighted by molar-refractivity contribution is 6.06. The van der Waals surface area contributed by atoms with Crippen molar-refractivity contribution >= 4 is 28.3 Å². The molecule has 0 fully saturated rings. The van der Waals surface area contributed by atoms with Crippen molar-refractivity contribution < 1.29 is 18.0 Å². The molecule has 2 heterocycles. The van der Waals surface area contributed by atoms with Gasteiger partial charge in [-0.2, -0.15) is 0 Å². The van der Waals surface area contributed by atoms with Gasteiger partial charge in [-0.05, 0) is 42.0 Å². The summed E-state index contributed by atoms with van der Waals surface area (Å²) in [5, 5.41) is 3.15. The Bertz CT molecular complexity index is 1280. The maximum Gasteiger partial charge on any atom is 0.272 e. The van der Waals surface area contributed by atoms with Gasteiger partial charge in [0.2, 0.25) is 0 Å². The van der Waals surface area contributed by atoms with Crippen LogP contribution in [0.3, 0.4) is 0 Å². The smallest absolute Gasteiger partial charge is 0.272 e. The number of fused-ring (bicyclic) bond motifs is 1. The van der Waals surface area contributed by atoms with E-state index in [9.17, 15) is 18.0 Å². The number of carbonyl (C=O) groups excluding carboxylic acids is 1. The lowest BCUT2D eigenvalue weighted by Crippen LogP contribution is -2.18. The number of aromatic nitrogens is 2. The zero-order chi connectivity index (χ0) is 22.1. The molecule has 0 saturated heterocycles. The van der Waals surface area contributed by atoms with Crippen molar-refractivity contribution in [1.29, 1.82) is 0 Å². The van der Waals surface area contributed by atoms with Gasteiger partial charge >= 0.3 is 0 Å². The van der Waals surface area contributed by atoms with E-state index in [4.69, 9.17) is 0 Å². The number of amides is 1. The molecule has 0 bridgehead atoms. The Morgan fingerprint density at radius 1 is 1.03 bits per heavy atom. The van der Waals surface area contributed by atoms with Crippen molar-refractivity contribution in [2.24, 2.45) is 0 Å². The Kier molecular flexibility index (Phi) is 5.37. The third-order valence-corrected chi connectivity index (χ3v) is 4.83. The summed E-state index contributed by atoms with van der Waals surface area (Å²) in [6, 6.07) is 12.9. The predicted octanol–water partition coefficient (Wildman–Crippen LogP) is 4.82. The zero-order valence-corrected chi connectivity index (χ0v) is 16.9. The van der Waals surface area contributed by atoms with Crippen LogP contribution in [0, 0.1) is 17.5 Å². The van der Waals surface area contributed by atoms with Crippen LogP contribution in [0.4, 0.5) is 24.7 Å².